The molecular weight excluding hydrogens is 400 g/mol. The zero-order valence-corrected chi connectivity index (χ0v) is 16.6. The fourth-order valence-electron chi connectivity index (χ4n) is 3.31. The van der Waals surface area contributed by atoms with E-state index in [1.54, 1.807) is 18.2 Å². The number of rotatable bonds is 5. The molecule has 0 atom stereocenters. The summed E-state index contributed by atoms with van der Waals surface area (Å²) in [6.45, 7) is 0.653. The van der Waals surface area contributed by atoms with Gasteiger partial charge in [0.05, 0.1) is 17.2 Å². The van der Waals surface area contributed by atoms with Crippen molar-refractivity contribution in [1.29, 1.82) is 0 Å². The predicted molar refractivity (Wildman–Crippen MR) is 116 cm³/mol. The van der Waals surface area contributed by atoms with Gasteiger partial charge in [-0.2, -0.15) is 0 Å². The monoisotopic (exact) mass is 416 g/mol. The molecule has 0 fully saturated rings. The van der Waals surface area contributed by atoms with Gasteiger partial charge >= 0.3 is 0 Å². The minimum atomic E-state index is -0.227. The molecule has 5 rings (SSSR count). The summed E-state index contributed by atoms with van der Waals surface area (Å²) >= 11 is 1.37. The zero-order valence-electron chi connectivity index (χ0n) is 15.7. The van der Waals surface area contributed by atoms with E-state index in [1.807, 2.05) is 41.8 Å². The zero-order chi connectivity index (χ0) is 20.5. The Morgan fingerprint density at radius 2 is 1.97 bits per heavy atom. The van der Waals surface area contributed by atoms with Crippen LogP contribution in [0.3, 0.4) is 0 Å². The first kappa shape index (κ1) is 18.3. The number of carbonyl (C=O) groups is 1. The van der Waals surface area contributed by atoms with Crippen molar-refractivity contribution >= 4 is 38.4 Å². The highest BCUT2D eigenvalue weighted by Crippen LogP contribution is 2.29. The lowest BCUT2D eigenvalue weighted by Crippen LogP contribution is -2.30. The number of thiophene rings is 1. The van der Waals surface area contributed by atoms with Crippen LogP contribution in [0, 0.1) is 0 Å². The Balaban J connectivity index is 1.33. The first-order valence-corrected chi connectivity index (χ1v) is 10.2. The SMILES string of the molecule is O=C(NCCn1cnc2ccsc2c1=O)c1ccc2noc(-c3ccccc3)c2c1. The van der Waals surface area contributed by atoms with Gasteiger partial charge in [0, 0.05) is 24.2 Å². The van der Waals surface area contributed by atoms with E-state index < -0.39 is 0 Å². The van der Waals surface area contributed by atoms with Crippen LogP contribution in [0.25, 0.3) is 32.4 Å². The summed E-state index contributed by atoms with van der Waals surface area (Å²) < 4.78 is 7.62. The van der Waals surface area contributed by atoms with Crippen molar-refractivity contribution in [3.8, 4) is 11.3 Å². The van der Waals surface area contributed by atoms with Gasteiger partial charge in [0.2, 0.25) is 0 Å². The number of nitrogens with zero attached hydrogens (tertiary/aromatic N) is 3. The van der Waals surface area contributed by atoms with Crippen molar-refractivity contribution in [3.05, 3.63) is 82.2 Å². The molecule has 3 heterocycles. The Morgan fingerprint density at radius 3 is 2.83 bits per heavy atom. The van der Waals surface area contributed by atoms with Crippen molar-refractivity contribution in [2.24, 2.45) is 0 Å². The predicted octanol–water partition coefficient (Wildman–Crippen LogP) is 3.70. The number of amides is 1. The van der Waals surface area contributed by atoms with Gasteiger partial charge in [0.15, 0.2) is 5.76 Å². The molecule has 148 valence electrons. The van der Waals surface area contributed by atoms with Crippen LogP contribution in [0.15, 0.2) is 75.6 Å². The van der Waals surface area contributed by atoms with Gasteiger partial charge in [0.25, 0.3) is 11.5 Å². The quantitative estimate of drug-likeness (QED) is 0.472. The molecule has 0 radical (unpaired) electrons. The lowest BCUT2D eigenvalue weighted by molar-refractivity contribution is 0.0952. The van der Waals surface area contributed by atoms with Crippen LogP contribution < -0.4 is 10.9 Å². The van der Waals surface area contributed by atoms with E-state index in [4.69, 9.17) is 4.52 Å². The van der Waals surface area contributed by atoms with Gasteiger partial charge in [-0.1, -0.05) is 35.5 Å². The van der Waals surface area contributed by atoms with Gasteiger partial charge in [-0.3, -0.25) is 14.2 Å². The van der Waals surface area contributed by atoms with E-state index in [9.17, 15) is 9.59 Å². The molecule has 0 aliphatic heterocycles. The molecule has 2 aromatic carbocycles. The van der Waals surface area contributed by atoms with Crippen LogP contribution in [0.1, 0.15) is 10.4 Å². The van der Waals surface area contributed by atoms with Gasteiger partial charge in [-0.05, 0) is 29.6 Å². The van der Waals surface area contributed by atoms with Crippen molar-refractivity contribution in [2.75, 3.05) is 6.54 Å². The lowest BCUT2D eigenvalue weighted by atomic mass is 10.1. The standard InChI is InChI=1S/C22H16N4O3S/c27-21(23-9-10-26-13-24-18-8-11-30-20(18)22(26)28)15-6-7-17-16(12-15)19(29-25-17)14-4-2-1-3-5-14/h1-8,11-13H,9-10H2,(H,23,27). The average molecular weight is 416 g/mol. The third kappa shape index (κ3) is 3.27. The van der Waals surface area contributed by atoms with E-state index in [1.165, 1.54) is 22.2 Å². The summed E-state index contributed by atoms with van der Waals surface area (Å²) in [5.74, 6) is 0.400. The van der Waals surface area contributed by atoms with E-state index in [-0.39, 0.29) is 11.5 Å². The fraction of sp³-hybridized carbons (Fsp3) is 0.0909. The van der Waals surface area contributed by atoms with E-state index in [2.05, 4.69) is 15.5 Å². The number of benzene rings is 2. The molecule has 1 N–H and O–H groups in total. The molecule has 8 heteroatoms. The Morgan fingerprint density at radius 1 is 1.10 bits per heavy atom. The van der Waals surface area contributed by atoms with Crippen LogP contribution in [0.5, 0.6) is 0 Å². The topological polar surface area (TPSA) is 90.0 Å². The second-order valence-electron chi connectivity index (χ2n) is 6.74. The molecule has 0 spiro atoms. The van der Waals surface area contributed by atoms with E-state index in [0.29, 0.717) is 40.1 Å². The molecule has 1 amide bonds. The smallest absolute Gasteiger partial charge is 0.271 e. The molecule has 3 aromatic heterocycles. The van der Waals surface area contributed by atoms with Crippen molar-refractivity contribution in [2.45, 2.75) is 6.54 Å². The molecular formula is C22H16N4O3S. The number of carbonyl (C=O) groups excluding carboxylic acids is 1. The number of aromatic nitrogens is 3. The maximum Gasteiger partial charge on any atom is 0.271 e. The molecule has 0 unspecified atom stereocenters. The molecule has 0 saturated heterocycles. The lowest BCUT2D eigenvalue weighted by Gasteiger charge is -2.07. The maximum atomic E-state index is 12.6. The summed E-state index contributed by atoms with van der Waals surface area (Å²) in [6, 6.07) is 16.7. The number of hydrogen-bond donors (Lipinski definition) is 1. The Bertz CT molecular complexity index is 1420. The third-order valence-corrected chi connectivity index (χ3v) is 5.74. The summed E-state index contributed by atoms with van der Waals surface area (Å²) in [6.07, 6.45) is 1.51. The Kier molecular flexibility index (Phi) is 4.61. The number of nitrogens with one attached hydrogen (secondary N) is 1. The molecule has 0 bridgehead atoms. The van der Waals surface area contributed by atoms with Crippen molar-refractivity contribution in [1.82, 2.24) is 20.0 Å². The second kappa shape index (κ2) is 7.57. The van der Waals surface area contributed by atoms with Crippen LogP contribution in [0.4, 0.5) is 0 Å². The summed E-state index contributed by atoms with van der Waals surface area (Å²) in [4.78, 5) is 29.3. The minimum absolute atomic E-state index is 0.0948. The molecule has 0 aliphatic carbocycles. The Hall–Kier alpha value is -3.78. The average Bonchev–Trinajstić information content (AvgIpc) is 3.43. The highest BCUT2D eigenvalue weighted by atomic mass is 32.1. The second-order valence-corrected chi connectivity index (χ2v) is 7.66. The van der Waals surface area contributed by atoms with Crippen molar-refractivity contribution < 1.29 is 9.32 Å². The summed E-state index contributed by atoms with van der Waals surface area (Å²) in [5, 5.41) is 9.55. The van der Waals surface area contributed by atoms with Crippen LogP contribution in [-0.2, 0) is 6.54 Å². The molecule has 7 nitrogen and oxygen atoms in total. The highest BCUT2D eigenvalue weighted by Gasteiger charge is 2.14. The summed E-state index contributed by atoms with van der Waals surface area (Å²) in [7, 11) is 0. The third-order valence-electron chi connectivity index (χ3n) is 4.85. The normalized spacial score (nSPS) is 11.2. The van der Waals surface area contributed by atoms with Gasteiger partial charge in [0.1, 0.15) is 10.2 Å². The number of hydrogen-bond acceptors (Lipinski definition) is 6. The minimum Gasteiger partial charge on any atom is -0.355 e. The first-order chi connectivity index (χ1) is 14.7. The largest absolute Gasteiger partial charge is 0.355 e. The highest BCUT2D eigenvalue weighted by molar-refractivity contribution is 7.17. The first-order valence-electron chi connectivity index (χ1n) is 9.36. The van der Waals surface area contributed by atoms with Crippen LogP contribution in [-0.4, -0.2) is 27.2 Å². The molecule has 5 aromatic rings. The Labute approximate surface area is 174 Å². The maximum absolute atomic E-state index is 12.6. The van der Waals surface area contributed by atoms with Gasteiger partial charge < -0.3 is 9.84 Å². The van der Waals surface area contributed by atoms with Gasteiger partial charge in [-0.25, -0.2) is 4.98 Å². The van der Waals surface area contributed by atoms with Gasteiger partial charge in [-0.15, -0.1) is 11.3 Å². The summed E-state index contributed by atoms with van der Waals surface area (Å²) in [5.41, 5.74) is 2.69. The number of fused-ring (bicyclic) bond motifs is 2. The van der Waals surface area contributed by atoms with Crippen LogP contribution in [0.2, 0.25) is 0 Å². The van der Waals surface area contributed by atoms with E-state index in [0.717, 1.165) is 10.9 Å². The molecule has 0 saturated carbocycles. The van der Waals surface area contributed by atoms with Crippen molar-refractivity contribution in [3.63, 3.8) is 0 Å². The molecule has 30 heavy (non-hydrogen) atoms. The van der Waals surface area contributed by atoms with Crippen LogP contribution >= 0.6 is 11.3 Å². The molecule has 0 aliphatic rings. The fourth-order valence-corrected chi connectivity index (χ4v) is 4.10. The van der Waals surface area contributed by atoms with E-state index >= 15 is 0 Å².